The van der Waals surface area contributed by atoms with E-state index in [0.29, 0.717) is 16.8 Å². The molecule has 0 unspecified atom stereocenters. The first kappa shape index (κ1) is 21.8. The summed E-state index contributed by atoms with van der Waals surface area (Å²) in [5.41, 5.74) is 8.32. The average Bonchev–Trinajstić information content (AvgIpc) is 2.68. The normalized spacial score (nSPS) is 11.4. The van der Waals surface area contributed by atoms with E-state index in [2.05, 4.69) is 5.32 Å². The maximum absolute atomic E-state index is 12.3. The summed E-state index contributed by atoms with van der Waals surface area (Å²) in [6.07, 6.45) is -1.14. The molecule has 0 saturated carbocycles. The van der Waals surface area contributed by atoms with Crippen molar-refractivity contribution in [2.24, 2.45) is 5.73 Å². The SMILES string of the molecule is Cc1ccc(C)c(C(=O)CCC(=O)O[C@H](C)C(=O)Nc2ccc(C(N)=O)cc2)c1. The lowest BCUT2D eigenvalue weighted by Gasteiger charge is -2.14. The summed E-state index contributed by atoms with van der Waals surface area (Å²) in [5.74, 6) is -1.86. The zero-order valence-corrected chi connectivity index (χ0v) is 16.7. The number of nitrogens with two attached hydrogens (primary N) is 1. The van der Waals surface area contributed by atoms with Crippen LogP contribution in [0.3, 0.4) is 0 Å². The van der Waals surface area contributed by atoms with Crippen LogP contribution in [-0.2, 0) is 14.3 Å². The van der Waals surface area contributed by atoms with Crippen LogP contribution in [0.4, 0.5) is 5.69 Å². The maximum atomic E-state index is 12.3. The van der Waals surface area contributed by atoms with E-state index in [-0.39, 0.29) is 18.6 Å². The van der Waals surface area contributed by atoms with Crippen LogP contribution in [0.15, 0.2) is 42.5 Å². The first-order chi connectivity index (χ1) is 13.7. The monoisotopic (exact) mass is 396 g/mol. The van der Waals surface area contributed by atoms with Gasteiger partial charge < -0.3 is 15.8 Å². The first-order valence-electron chi connectivity index (χ1n) is 9.18. The van der Waals surface area contributed by atoms with E-state index in [4.69, 9.17) is 10.5 Å². The van der Waals surface area contributed by atoms with Crippen molar-refractivity contribution in [3.05, 3.63) is 64.7 Å². The Morgan fingerprint density at radius 3 is 2.28 bits per heavy atom. The van der Waals surface area contributed by atoms with Crippen molar-refractivity contribution in [1.82, 2.24) is 0 Å². The highest BCUT2D eigenvalue weighted by Crippen LogP contribution is 2.15. The Balaban J connectivity index is 1.84. The van der Waals surface area contributed by atoms with Crippen LogP contribution >= 0.6 is 0 Å². The van der Waals surface area contributed by atoms with Crippen molar-refractivity contribution in [1.29, 1.82) is 0 Å². The molecule has 0 saturated heterocycles. The predicted molar refractivity (Wildman–Crippen MR) is 109 cm³/mol. The van der Waals surface area contributed by atoms with Crippen molar-refractivity contribution in [2.45, 2.75) is 39.7 Å². The highest BCUT2D eigenvalue weighted by molar-refractivity contribution is 5.99. The van der Waals surface area contributed by atoms with Gasteiger partial charge in [0.25, 0.3) is 5.91 Å². The molecule has 0 aromatic heterocycles. The number of carbonyl (C=O) groups is 4. The first-order valence-corrected chi connectivity index (χ1v) is 9.18. The summed E-state index contributed by atoms with van der Waals surface area (Å²) in [5, 5.41) is 2.58. The van der Waals surface area contributed by atoms with Gasteiger partial charge in [-0.15, -0.1) is 0 Å². The summed E-state index contributed by atoms with van der Waals surface area (Å²) in [4.78, 5) is 47.6. The van der Waals surface area contributed by atoms with Gasteiger partial charge in [-0.25, -0.2) is 0 Å². The fraction of sp³-hybridized carbons (Fsp3) is 0.273. The van der Waals surface area contributed by atoms with Gasteiger partial charge in [-0.3, -0.25) is 19.2 Å². The number of ether oxygens (including phenoxy) is 1. The third kappa shape index (κ3) is 6.27. The number of nitrogens with one attached hydrogen (secondary N) is 1. The lowest BCUT2D eigenvalue weighted by atomic mass is 9.99. The van der Waals surface area contributed by atoms with Gasteiger partial charge in [-0.1, -0.05) is 17.7 Å². The van der Waals surface area contributed by atoms with E-state index in [1.165, 1.54) is 31.2 Å². The van der Waals surface area contributed by atoms with Crippen LogP contribution in [0.2, 0.25) is 0 Å². The smallest absolute Gasteiger partial charge is 0.307 e. The van der Waals surface area contributed by atoms with Gasteiger partial charge >= 0.3 is 5.97 Å². The molecule has 0 bridgehead atoms. The molecule has 0 spiro atoms. The molecular weight excluding hydrogens is 372 g/mol. The largest absolute Gasteiger partial charge is 0.453 e. The molecule has 152 valence electrons. The van der Waals surface area contributed by atoms with Crippen molar-refractivity contribution >= 4 is 29.3 Å². The Bertz CT molecular complexity index is 935. The molecule has 29 heavy (non-hydrogen) atoms. The Morgan fingerprint density at radius 1 is 1.00 bits per heavy atom. The molecule has 0 heterocycles. The summed E-state index contributed by atoms with van der Waals surface area (Å²) in [6.45, 7) is 5.18. The highest BCUT2D eigenvalue weighted by Gasteiger charge is 2.19. The summed E-state index contributed by atoms with van der Waals surface area (Å²) >= 11 is 0. The number of Topliss-reactive ketones (excluding diaryl/α,β-unsaturated/α-hetero) is 1. The minimum Gasteiger partial charge on any atom is -0.453 e. The Labute approximate surface area is 169 Å². The van der Waals surface area contributed by atoms with E-state index in [1.807, 2.05) is 26.0 Å². The number of carbonyl (C=O) groups excluding carboxylic acids is 4. The van der Waals surface area contributed by atoms with Crippen LogP contribution in [0, 0.1) is 13.8 Å². The summed E-state index contributed by atoms with van der Waals surface area (Å²) in [7, 11) is 0. The van der Waals surface area contributed by atoms with E-state index < -0.39 is 23.9 Å². The fourth-order valence-electron chi connectivity index (χ4n) is 2.66. The highest BCUT2D eigenvalue weighted by atomic mass is 16.5. The molecule has 0 fully saturated rings. The number of esters is 1. The molecule has 7 heteroatoms. The van der Waals surface area contributed by atoms with Gasteiger partial charge in [-0.2, -0.15) is 0 Å². The third-order valence-electron chi connectivity index (χ3n) is 4.36. The van der Waals surface area contributed by atoms with E-state index in [1.54, 1.807) is 6.07 Å². The van der Waals surface area contributed by atoms with E-state index in [9.17, 15) is 19.2 Å². The van der Waals surface area contributed by atoms with Crippen molar-refractivity contribution in [3.8, 4) is 0 Å². The molecule has 0 radical (unpaired) electrons. The standard InChI is InChI=1S/C22H24N2O5/c1-13-4-5-14(2)18(12-13)19(25)10-11-20(26)29-15(3)22(28)24-17-8-6-16(7-9-17)21(23)27/h4-9,12,15H,10-11H2,1-3H3,(H2,23,27)(H,24,28)/t15-/m1/s1. The lowest BCUT2D eigenvalue weighted by Crippen LogP contribution is -2.30. The Kier molecular flexibility index (Phi) is 7.25. The van der Waals surface area contributed by atoms with Gasteiger partial charge in [0.1, 0.15) is 0 Å². The molecule has 7 nitrogen and oxygen atoms in total. The number of amides is 2. The second-order valence-electron chi connectivity index (χ2n) is 6.80. The van der Waals surface area contributed by atoms with Gasteiger partial charge in [-0.05, 0) is 56.7 Å². The lowest BCUT2D eigenvalue weighted by molar-refractivity contribution is -0.153. The number of hydrogen-bond donors (Lipinski definition) is 2. The van der Waals surface area contributed by atoms with Gasteiger partial charge in [0.2, 0.25) is 5.91 Å². The molecule has 1 atom stereocenters. The van der Waals surface area contributed by atoms with Crippen LogP contribution in [0.5, 0.6) is 0 Å². The van der Waals surface area contributed by atoms with Gasteiger partial charge in [0.15, 0.2) is 11.9 Å². The molecule has 0 aliphatic rings. The van der Waals surface area contributed by atoms with Crippen LogP contribution in [0.1, 0.15) is 51.6 Å². The predicted octanol–water partition coefficient (Wildman–Crippen LogP) is 2.94. The molecule has 2 rings (SSSR count). The minimum absolute atomic E-state index is 0.00600. The minimum atomic E-state index is -1.03. The number of ketones is 1. The number of rotatable bonds is 8. The summed E-state index contributed by atoms with van der Waals surface area (Å²) in [6, 6.07) is 11.6. The molecule has 3 N–H and O–H groups in total. The maximum Gasteiger partial charge on any atom is 0.307 e. The van der Waals surface area contributed by atoms with Gasteiger partial charge in [0.05, 0.1) is 6.42 Å². The zero-order valence-electron chi connectivity index (χ0n) is 16.7. The van der Waals surface area contributed by atoms with E-state index in [0.717, 1.165) is 11.1 Å². The molecule has 2 aromatic rings. The molecular formula is C22H24N2O5. The molecule has 2 amide bonds. The van der Waals surface area contributed by atoms with Crippen molar-refractivity contribution in [3.63, 3.8) is 0 Å². The van der Waals surface area contributed by atoms with E-state index >= 15 is 0 Å². The average molecular weight is 396 g/mol. The van der Waals surface area contributed by atoms with Crippen LogP contribution < -0.4 is 11.1 Å². The van der Waals surface area contributed by atoms with Gasteiger partial charge in [0, 0.05) is 23.2 Å². The molecule has 0 aliphatic carbocycles. The number of anilines is 1. The second-order valence-corrected chi connectivity index (χ2v) is 6.80. The second kappa shape index (κ2) is 9.64. The number of aryl methyl sites for hydroxylation is 2. The fourth-order valence-corrected chi connectivity index (χ4v) is 2.66. The van der Waals surface area contributed by atoms with Crippen LogP contribution in [-0.4, -0.2) is 29.7 Å². The number of hydrogen-bond acceptors (Lipinski definition) is 5. The third-order valence-corrected chi connectivity index (χ3v) is 4.36. The number of primary amides is 1. The topological polar surface area (TPSA) is 116 Å². The van der Waals surface area contributed by atoms with Crippen molar-refractivity contribution in [2.75, 3.05) is 5.32 Å². The van der Waals surface area contributed by atoms with Crippen molar-refractivity contribution < 1.29 is 23.9 Å². The Morgan fingerprint density at radius 2 is 1.66 bits per heavy atom. The molecule has 2 aromatic carbocycles. The Hall–Kier alpha value is -3.48. The summed E-state index contributed by atoms with van der Waals surface area (Å²) < 4.78 is 5.11. The van der Waals surface area contributed by atoms with Crippen LogP contribution in [0.25, 0.3) is 0 Å². The zero-order chi connectivity index (χ0) is 21.6. The quantitative estimate of drug-likeness (QED) is 0.526. The number of benzene rings is 2. The molecule has 0 aliphatic heterocycles.